The molecular formula is C17H16FNO. The van der Waals surface area contributed by atoms with E-state index in [1.54, 1.807) is 0 Å². The number of fused-ring (bicyclic) bond motifs is 3. The monoisotopic (exact) mass is 269 g/mol. The predicted octanol–water partition coefficient (Wildman–Crippen LogP) is 3.71. The van der Waals surface area contributed by atoms with E-state index < -0.39 is 11.9 Å². The molecule has 0 radical (unpaired) electrons. The largest absolute Gasteiger partial charge is 0.354 e. The second kappa shape index (κ2) is 4.06. The summed E-state index contributed by atoms with van der Waals surface area (Å²) in [6, 6.07) is 16.2. The van der Waals surface area contributed by atoms with E-state index in [0.29, 0.717) is 13.0 Å². The summed E-state index contributed by atoms with van der Waals surface area (Å²) in [5.41, 5.74) is 2.62. The van der Waals surface area contributed by atoms with Crippen LogP contribution in [0, 0.1) is 0 Å². The minimum atomic E-state index is -1.35. The Morgan fingerprint density at radius 2 is 1.95 bits per heavy atom. The van der Waals surface area contributed by atoms with Crippen LogP contribution in [-0.2, 0) is 10.4 Å². The Labute approximate surface area is 117 Å². The molecule has 102 valence electrons. The molecule has 2 heterocycles. The van der Waals surface area contributed by atoms with Crippen molar-refractivity contribution < 1.29 is 9.13 Å². The minimum Gasteiger partial charge on any atom is -0.354 e. The average molecular weight is 269 g/mol. The second-order valence-electron chi connectivity index (χ2n) is 5.54. The highest BCUT2D eigenvalue weighted by Crippen LogP contribution is 2.52. The zero-order valence-electron chi connectivity index (χ0n) is 11.3. The number of ether oxygens (including phenoxy) is 1. The molecule has 1 fully saturated rings. The van der Waals surface area contributed by atoms with Gasteiger partial charge in [-0.3, -0.25) is 0 Å². The van der Waals surface area contributed by atoms with Crippen LogP contribution in [0.1, 0.15) is 12.0 Å². The molecule has 2 atom stereocenters. The Balaban J connectivity index is 1.84. The minimum absolute atomic E-state index is 0.444. The number of hydrogen-bond acceptors (Lipinski definition) is 2. The van der Waals surface area contributed by atoms with Crippen molar-refractivity contribution in [3.8, 4) is 11.1 Å². The molecule has 20 heavy (non-hydrogen) atoms. The van der Waals surface area contributed by atoms with E-state index in [4.69, 9.17) is 4.74 Å². The van der Waals surface area contributed by atoms with Crippen molar-refractivity contribution in [2.45, 2.75) is 18.3 Å². The molecule has 2 aromatic rings. The first-order chi connectivity index (χ1) is 9.70. The van der Waals surface area contributed by atoms with Crippen LogP contribution < -0.4 is 4.90 Å². The molecule has 2 aromatic carbocycles. The number of anilines is 1. The zero-order chi connectivity index (χ0) is 13.7. The molecule has 1 saturated heterocycles. The van der Waals surface area contributed by atoms with Gasteiger partial charge in [0.15, 0.2) is 11.9 Å². The number of alkyl halides is 1. The maximum atomic E-state index is 15.1. The van der Waals surface area contributed by atoms with Gasteiger partial charge >= 0.3 is 0 Å². The Bertz CT molecular complexity index is 657. The number of hydrogen-bond donors (Lipinski definition) is 0. The molecule has 2 aliphatic rings. The number of benzene rings is 2. The van der Waals surface area contributed by atoms with Crippen molar-refractivity contribution >= 4 is 5.69 Å². The summed E-state index contributed by atoms with van der Waals surface area (Å²) in [5, 5.41) is 0. The number of nitrogens with zero attached hydrogens (tertiary/aromatic N) is 1. The highest BCUT2D eigenvalue weighted by Gasteiger charge is 2.55. The second-order valence-corrected chi connectivity index (χ2v) is 5.54. The van der Waals surface area contributed by atoms with Gasteiger partial charge in [0.1, 0.15) is 0 Å². The molecule has 0 spiro atoms. The standard InChI is InChI=1S/C17H16FNO/c1-19-15-11-13(12-5-3-2-4-6-12)7-8-14(15)17(18)9-10-20-16(17)19/h2-8,11,16H,9-10H2,1H3/t16-,17+/m0/s1. The zero-order valence-corrected chi connectivity index (χ0v) is 11.3. The molecular weight excluding hydrogens is 253 g/mol. The van der Waals surface area contributed by atoms with Gasteiger partial charge in [-0.25, -0.2) is 4.39 Å². The van der Waals surface area contributed by atoms with Gasteiger partial charge in [-0.05, 0) is 17.2 Å². The summed E-state index contributed by atoms with van der Waals surface area (Å²) in [6.07, 6.45) is -0.0248. The Kier molecular flexibility index (Phi) is 2.42. The molecule has 0 amide bonds. The topological polar surface area (TPSA) is 12.5 Å². The predicted molar refractivity (Wildman–Crippen MR) is 77.4 cm³/mol. The Morgan fingerprint density at radius 3 is 2.75 bits per heavy atom. The third-order valence-corrected chi connectivity index (χ3v) is 4.42. The molecule has 0 unspecified atom stereocenters. The molecule has 0 N–H and O–H groups in total. The van der Waals surface area contributed by atoms with Crippen molar-refractivity contribution in [3.05, 3.63) is 54.1 Å². The van der Waals surface area contributed by atoms with Crippen molar-refractivity contribution in [2.75, 3.05) is 18.6 Å². The third kappa shape index (κ3) is 1.47. The first kappa shape index (κ1) is 11.9. The normalized spacial score (nSPS) is 27.5. The van der Waals surface area contributed by atoms with Crippen LogP contribution in [0.25, 0.3) is 11.1 Å². The highest BCUT2D eigenvalue weighted by atomic mass is 19.1. The van der Waals surface area contributed by atoms with Gasteiger partial charge < -0.3 is 9.64 Å². The quantitative estimate of drug-likeness (QED) is 0.782. The summed E-state index contributed by atoms with van der Waals surface area (Å²) in [7, 11) is 1.91. The maximum absolute atomic E-state index is 15.1. The molecule has 0 aromatic heterocycles. The van der Waals surface area contributed by atoms with E-state index in [1.165, 1.54) is 0 Å². The Morgan fingerprint density at radius 1 is 1.15 bits per heavy atom. The molecule has 0 aliphatic carbocycles. The van der Waals surface area contributed by atoms with Crippen LogP contribution in [0.2, 0.25) is 0 Å². The van der Waals surface area contributed by atoms with Gasteiger partial charge in [-0.1, -0.05) is 42.5 Å². The summed E-state index contributed by atoms with van der Waals surface area (Å²) in [4.78, 5) is 1.93. The van der Waals surface area contributed by atoms with E-state index in [2.05, 4.69) is 18.2 Å². The molecule has 0 saturated carbocycles. The summed E-state index contributed by atoms with van der Waals surface area (Å²) >= 11 is 0. The lowest BCUT2D eigenvalue weighted by atomic mass is 9.93. The highest BCUT2D eigenvalue weighted by molar-refractivity contribution is 5.73. The van der Waals surface area contributed by atoms with Crippen molar-refractivity contribution in [1.29, 1.82) is 0 Å². The van der Waals surface area contributed by atoms with Gasteiger partial charge in [-0.2, -0.15) is 0 Å². The molecule has 2 aliphatic heterocycles. The van der Waals surface area contributed by atoms with Gasteiger partial charge in [-0.15, -0.1) is 0 Å². The summed E-state index contributed by atoms with van der Waals surface area (Å²) < 4.78 is 20.7. The summed E-state index contributed by atoms with van der Waals surface area (Å²) in [6.45, 7) is 0.491. The van der Waals surface area contributed by atoms with Crippen LogP contribution >= 0.6 is 0 Å². The molecule has 2 nitrogen and oxygen atoms in total. The fraction of sp³-hybridized carbons (Fsp3) is 0.294. The summed E-state index contributed by atoms with van der Waals surface area (Å²) in [5.74, 6) is 0. The van der Waals surface area contributed by atoms with E-state index in [0.717, 1.165) is 22.4 Å². The molecule has 4 rings (SSSR count). The number of halogens is 1. The van der Waals surface area contributed by atoms with Crippen LogP contribution in [0.4, 0.5) is 10.1 Å². The van der Waals surface area contributed by atoms with E-state index in [9.17, 15) is 0 Å². The van der Waals surface area contributed by atoms with Crippen molar-refractivity contribution in [2.24, 2.45) is 0 Å². The molecule has 3 heteroatoms. The van der Waals surface area contributed by atoms with Crippen LogP contribution in [0.5, 0.6) is 0 Å². The fourth-order valence-corrected chi connectivity index (χ4v) is 3.37. The fourth-order valence-electron chi connectivity index (χ4n) is 3.37. The van der Waals surface area contributed by atoms with Crippen LogP contribution in [0.3, 0.4) is 0 Å². The van der Waals surface area contributed by atoms with E-state index in [-0.39, 0.29) is 0 Å². The van der Waals surface area contributed by atoms with Gasteiger partial charge in [0.05, 0.1) is 6.61 Å². The lowest BCUT2D eigenvalue weighted by Crippen LogP contribution is -2.36. The van der Waals surface area contributed by atoms with Gasteiger partial charge in [0, 0.05) is 24.7 Å². The number of likely N-dealkylation sites (N-methyl/N-ethyl adjacent to an activating group) is 1. The number of rotatable bonds is 1. The third-order valence-electron chi connectivity index (χ3n) is 4.42. The van der Waals surface area contributed by atoms with Gasteiger partial charge in [0.2, 0.25) is 0 Å². The lowest BCUT2D eigenvalue weighted by Gasteiger charge is -2.23. The lowest BCUT2D eigenvalue weighted by molar-refractivity contribution is 0.0341. The van der Waals surface area contributed by atoms with E-state index in [1.807, 2.05) is 42.3 Å². The maximum Gasteiger partial charge on any atom is 0.184 e. The molecule has 0 bridgehead atoms. The van der Waals surface area contributed by atoms with Crippen LogP contribution in [0.15, 0.2) is 48.5 Å². The van der Waals surface area contributed by atoms with E-state index >= 15 is 4.39 Å². The first-order valence-electron chi connectivity index (χ1n) is 6.93. The Hall–Kier alpha value is -1.87. The first-order valence-corrected chi connectivity index (χ1v) is 6.93. The van der Waals surface area contributed by atoms with Crippen LogP contribution in [-0.4, -0.2) is 19.9 Å². The van der Waals surface area contributed by atoms with Gasteiger partial charge in [0.25, 0.3) is 0 Å². The SMILES string of the molecule is CN1c2cc(-c3ccccc3)ccc2[C@]2(F)CCO[C@H]12. The smallest absolute Gasteiger partial charge is 0.184 e. The van der Waals surface area contributed by atoms with Crippen molar-refractivity contribution in [3.63, 3.8) is 0 Å². The average Bonchev–Trinajstić information content (AvgIpc) is 2.97. The van der Waals surface area contributed by atoms with Crippen molar-refractivity contribution in [1.82, 2.24) is 0 Å².